The summed E-state index contributed by atoms with van der Waals surface area (Å²) in [6.45, 7) is 0. The molecule has 108 valence electrons. The van der Waals surface area contributed by atoms with Crippen LogP contribution in [0.5, 0.6) is 0 Å². The van der Waals surface area contributed by atoms with Gasteiger partial charge in [0.05, 0.1) is 10.9 Å². The molecule has 1 aliphatic heterocycles. The van der Waals surface area contributed by atoms with Crippen LogP contribution in [0.3, 0.4) is 0 Å². The molecule has 1 atom stereocenters. The number of hydrogen-bond donors (Lipinski definition) is 1. The van der Waals surface area contributed by atoms with Crippen molar-refractivity contribution in [2.24, 2.45) is 0 Å². The molecule has 1 aromatic rings. The van der Waals surface area contributed by atoms with Crippen molar-refractivity contribution in [1.82, 2.24) is 4.90 Å². The molecular formula is C13H14ClNO3S2. The van der Waals surface area contributed by atoms with Gasteiger partial charge < -0.3 is 10.0 Å². The maximum absolute atomic E-state index is 12.0. The van der Waals surface area contributed by atoms with Gasteiger partial charge in [0.2, 0.25) is 5.91 Å². The lowest BCUT2D eigenvalue weighted by molar-refractivity contribution is -0.147. The summed E-state index contributed by atoms with van der Waals surface area (Å²) in [5.74, 6) is 0.491. The molecule has 0 spiro atoms. The van der Waals surface area contributed by atoms with Gasteiger partial charge in [0.15, 0.2) is 0 Å². The van der Waals surface area contributed by atoms with E-state index in [0.717, 1.165) is 4.90 Å². The van der Waals surface area contributed by atoms with Gasteiger partial charge in [-0.05, 0) is 12.1 Å². The molecule has 0 aromatic heterocycles. The molecule has 0 aliphatic carbocycles. The first-order chi connectivity index (χ1) is 9.59. The minimum absolute atomic E-state index is 0.109. The Morgan fingerprint density at radius 1 is 1.45 bits per heavy atom. The van der Waals surface area contributed by atoms with Crippen LogP contribution in [0.15, 0.2) is 29.2 Å². The maximum atomic E-state index is 12.0. The normalized spacial score (nSPS) is 18.2. The Morgan fingerprint density at radius 2 is 2.20 bits per heavy atom. The second-order valence-electron chi connectivity index (χ2n) is 4.25. The van der Waals surface area contributed by atoms with Crippen molar-refractivity contribution in [1.29, 1.82) is 0 Å². The molecule has 1 heterocycles. The van der Waals surface area contributed by atoms with Crippen LogP contribution in [0.1, 0.15) is 6.42 Å². The Bertz CT molecular complexity index is 512. The first-order valence-electron chi connectivity index (χ1n) is 6.07. The third-order valence-electron chi connectivity index (χ3n) is 2.90. The lowest BCUT2D eigenvalue weighted by Crippen LogP contribution is -2.41. The fraction of sp³-hybridized carbons (Fsp3) is 0.385. The average molecular weight is 332 g/mol. The van der Waals surface area contributed by atoms with E-state index in [1.165, 1.54) is 28.4 Å². The third kappa shape index (κ3) is 3.84. The van der Waals surface area contributed by atoms with E-state index in [0.29, 0.717) is 28.8 Å². The summed E-state index contributed by atoms with van der Waals surface area (Å²) >= 11 is 9.02. The summed E-state index contributed by atoms with van der Waals surface area (Å²) in [6.07, 6.45) is 0.320. The van der Waals surface area contributed by atoms with E-state index in [4.69, 9.17) is 16.7 Å². The molecule has 1 aliphatic rings. The highest BCUT2D eigenvalue weighted by Crippen LogP contribution is 2.28. The fourth-order valence-electron chi connectivity index (χ4n) is 1.85. The van der Waals surface area contributed by atoms with Gasteiger partial charge in [0.1, 0.15) is 6.04 Å². The van der Waals surface area contributed by atoms with Crippen LogP contribution in [0, 0.1) is 0 Å². The zero-order valence-corrected chi connectivity index (χ0v) is 13.0. The predicted octanol–water partition coefficient (Wildman–Crippen LogP) is 2.81. The molecule has 0 bridgehead atoms. The molecular weight excluding hydrogens is 318 g/mol. The number of hydrogen-bond acceptors (Lipinski definition) is 4. The molecule has 0 saturated carbocycles. The van der Waals surface area contributed by atoms with Crippen molar-refractivity contribution in [3.05, 3.63) is 29.3 Å². The number of amides is 1. The first-order valence-corrected chi connectivity index (χ1v) is 8.59. The number of carbonyl (C=O) groups excluding carboxylic acids is 1. The van der Waals surface area contributed by atoms with E-state index in [9.17, 15) is 9.59 Å². The van der Waals surface area contributed by atoms with E-state index >= 15 is 0 Å². The SMILES string of the molecule is O=C(O)C1CSCN1C(=O)CCSc1ccccc1Cl. The van der Waals surface area contributed by atoms with Gasteiger partial charge in [-0.1, -0.05) is 23.7 Å². The van der Waals surface area contributed by atoms with Crippen molar-refractivity contribution in [2.45, 2.75) is 17.4 Å². The quantitative estimate of drug-likeness (QED) is 0.841. The number of carboxylic acid groups (broad SMARTS) is 1. The Kier molecular flexibility index (Phi) is 5.63. The zero-order valence-electron chi connectivity index (χ0n) is 10.6. The number of halogens is 1. The molecule has 4 nitrogen and oxygen atoms in total. The molecule has 1 unspecified atom stereocenters. The van der Waals surface area contributed by atoms with Crippen LogP contribution < -0.4 is 0 Å². The van der Waals surface area contributed by atoms with Gasteiger partial charge in [0, 0.05) is 22.8 Å². The van der Waals surface area contributed by atoms with E-state index in [2.05, 4.69) is 0 Å². The van der Waals surface area contributed by atoms with E-state index in [1.807, 2.05) is 24.3 Å². The minimum Gasteiger partial charge on any atom is -0.480 e. The summed E-state index contributed by atoms with van der Waals surface area (Å²) < 4.78 is 0. The summed E-state index contributed by atoms with van der Waals surface area (Å²) in [5.41, 5.74) is 0. The Morgan fingerprint density at radius 3 is 2.90 bits per heavy atom. The highest BCUT2D eigenvalue weighted by atomic mass is 35.5. The minimum atomic E-state index is -0.929. The molecule has 2 rings (SSSR count). The monoisotopic (exact) mass is 331 g/mol. The van der Waals surface area contributed by atoms with Crippen molar-refractivity contribution >= 4 is 47.0 Å². The van der Waals surface area contributed by atoms with Gasteiger partial charge in [-0.15, -0.1) is 23.5 Å². The second kappa shape index (κ2) is 7.24. The molecule has 7 heteroatoms. The molecule has 1 N–H and O–H groups in total. The fourth-order valence-corrected chi connectivity index (χ4v) is 4.20. The van der Waals surface area contributed by atoms with Gasteiger partial charge in [0.25, 0.3) is 0 Å². The molecule has 20 heavy (non-hydrogen) atoms. The van der Waals surface area contributed by atoms with Gasteiger partial charge >= 0.3 is 5.97 Å². The van der Waals surface area contributed by atoms with E-state index in [-0.39, 0.29) is 5.91 Å². The predicted molar refractivity (Wildman–Crippen MR) is 82.4 cm³/mol. The number of thioether (sulfide) groups is 2. The van der Waals surface area contributed by atoms with E-state index < -0.39 is 12.0 Å². The standard InChI is InChI=1S/C13H14ClNO3S2/c14-9-3-1-2-4-11(9)20-6-5-12(16)15-8-19-7-10(15)13(17)18/h1-4,10H,5-8H2,(H,17,18). The summed E-state index contributed by atoms with van der Waals surface area (Å²) in [7, 11) is 0. The maximum Gasteiger partial charge on any atom is 0.327 e. The number of carboxylic acids is 1. The van der Waals surface area contributed by atoms with Crippen molar-refractivity contribution in [3.8, 4) is 0 Å². The molecule has 1 aromatic carbocycles. The molecule has 1 saturated heterocycles. The topological polar surface area (TPSA) is 57.6 Å². The molecule has 1 amide bonds. The van der Waals surface area contributed by atoms with Gasteiger partial charge in [-0.2, -0.15) is 0 Å². The van der Waals surface area contributed by atoms with Crippen LogP contribution in [-0.4, -0.2) is 45.3 Å². The molecule has 1 fully saturated rings. The Labute approximate surface area is 130 Å². The second-order valence-corrected chi connectivity index (χ2v) is 6.79. The first kappa shape index (κ1) is 15.5. The Hall–Kier alpha value is -0.850. The van der Waals surface area contributed by atoms with Crippen LogP contribution in [0.2, 0.25) is 5.02 Å². The molecule has 0 radical (unpaired) electrons. The highest BCUT2D eigenvalue weighted by Gasteiger charge is 2.33. The lowest BCUT2D eigenvalue weighted by atomic mass is 10.3. The lowest BCUT2D eigenvalue weighted by Gasteiger charge is -2.20. The van der Waals surface area contributed by atoms with Crippen LogP contribution >= 0.6 is 35.1 Å². The largest absolute Gasteiger partial charge is 0.480 e. The van der Waals surface area contributed by atoms with Gasteiger partial charge in [-0.3, -0.25) is 4.79 Å². The van der Waals surface area contributed by atoms with Crippen molar-refractivity contribution in [2.75, 3.05) is 17.4 Å². The summed E-state index contributed by atoms with van der Waals surface area (Å²) in [6, 6.07) is 6.79. The number of benzene rings is 1. The highest BCUT2D eigenvalue weighted by molar-refractivity contribution is 7.99. The van der Waals surface area contributed by atoms with Crippen LogP contribution in [0.4, 0.5) is 0 Å². The smallest absolute Gasteiger partial charge is 0.327 e. The van der Waals surface area contributed by atoms with Crippen molar-refractivity contribution in [3.63, 3.8) is 0 Å². The number of rotatable bonds is 5. The third-order valence-corrected chi connectivity index (χ3v) is 5.43. The van der Waals surface area contributed by atoms with E-state index in [1.54, 1.807) is 0 Å². The van der Waals surface area contributed by atoms with Crippen LogP contribution in [-0.2, 0) is 9.59 Å². The number of nitrogens with zero attached hydrogens (tertiary/aromatic N) is 1. The van der Waals surface area contributed by atoms with Crippen LogP contribution in [0.25, 0.3) is 0 Å². The zero-order chi connectivity index (χ0) is 14.5. The Balaban J connectivity index is 1.84. The number of aliphatic carboxylic acids is 1. The van der Waals surface area contributed by atoms with Gasteiger partial charge in [-0.25, -0.2) is 4.79 Å². The summed E-state index contributed by atoms with van der Waals surface area (Å²) in [4.78, 5) is 25.4. The number of carbonyl (C=O) groups is 2. The van der Waals surface area contributed by atoms with Crippen molar-refractivity contribution < 1.29 is 14.7 Å². The summed E-state index contributed by atoms with van der Waals surface area (Å²) in [5, 5.41) is 9.71. The average Bonchev–Trinajstić information content (AvgIpc) is 2.90.